The van der Waals surface area contributed by atoms with Crippen molar-refractivity contribution in [2.75, 3.05) is 4.90 Å². The molecule has 1 aliphatic rings. The van der Waals surface area contributed by atoms with E-state index < -0.39 is 0 Å². The van der Waals surface area contributed by atoms with Gasteiger partial charge in [-0.25, -0.2) is 0 Å². The number of para-hydroxylation sites is 1. The van der Waals surface area contributed by atoms with Crippen molar-refractivity contribution in [3.8, 4) is 0 Å². The normalized spacial score (nSPS) is 16.6. The number of amides is 2. The van der Waals surface area contributed by atoms with Gasteiger partial charge in [0.05, 0.1) is 6.54 Å². The third kappa shape index (κ3) is 3.60. The van der Waals surface area contributed by atoms with Gasteiger partial charge in [0, 0.05) is 18.7 Å². The fourth-order valence-corrected chi connectivity index (χ4v) is 3.38. The molecule has 0 fully saturated rings. The number of rotatable bonds is 4. The van der Waals surface area contributed by atoms with Crippen LogP contribution in [0.1, 0.15) is 49.1 Å². The predicted octanol–water partition coefficient (Wildman–Crippen LogP) is 3.53. The molecule has 2 amide bonds. The van der Waals surface area contributed by atoms with Crippen molar-refractivity contribution in [1.82, 2.24) is 5.32 Å². The molecule has 132 valence electrons. The van der Waals surface area contributed by atoms with E-state index in [0.717, 1.165) is 18.5 Å². The van der Waals surface area contributed by atoms with E-state index in [2.05, 4.69) is 25.2 Å². The highest BCUT2D eigenvalue weighted by molar-refractivity contribution is 6.05. The van der Waals surface area contributed by atoms with Crippen LogP contribution < -0.4 is 10.2 Å². The van der Waals surface area contributed by atoms with Crippen LogP contribution in [0, 0.1) is 5.92 Å². The Labute approximate surface area is 148 Å². The summed E-state index contributed by atoms with van der Waals surface area (Å²) in [6, 6.07) is 11.6. The number of hydrogen-bond acceptors (Lipinski definition) is 3. The van der Waals surface area contributed by atoms with Gasteiger partial charge in [-0.2, -0.15) is 0 Å². The zero-order chi connectivity index (χ0) is 18.0. The molecule has 1 aromatic carbocycles. The van der Waals surface area contributed by atoms with Crippen molar-refractivity contribution >= 4 is 17.5 Å². The molecule has 1 atom stereocenters. The third-order valence-electron chi connectivity index (χ3n) is 4.66. The van der Waals surface area contributed by atoms with Gasteiger partial charge in [-0.3, -0.25) is 9.59 Å². The number of aryl methyl sites for hydroxylation is 1. The minimum absolute atomic E-state index is 0.125. The van der Waals surface area contributed by atoms with Gasteiger partial charge in [0.15, 0.2) is 5.76 Å². The predicted molar refractivity (Wildman–Crippen MR) is 96.4 cm³/mol. The van der Waals surface area contributed by atoms with Crippen LogP contribution in [0.15, 0.2) is 40.8 Å². The molecule has 0 bridgehead atoms. The summed E-state index contributed by atoms with van der Waals surface area (Å²) in [5.74, 6) is 0.979. The summed E-state index contributed by atoms with van der Waals surface area (Å²) in [7, 11) is 0. The molecule has 25 heavy (non-hydrogen) atoms. The summed E-state index contributed by atoms with van der Waals surface area (Å²) >= 11 is 0. The van der Waals surface area contributed by atoms with Crippen molar-refractivity contribution in [1.29, 1.82) is 0 Å². The molecule has 1 N–H and O–H groups in total. The maximum Gasteiger partial charge on any atom is 0.294 e. The highest BCUT2D eigenvalue weighted by Crippen LogP contribution is 2.34. The quantitative estimate of drug-likeness (QED) is 0.926. The van der Waals surface area contributed by atoms with Gasteiger partial charge in [0.25, 0.3) is 5.91 Å². The molecule has 5 nitrogen and oxygen atoms in total. The Bertz CT molecular complexity index is 779. The average molecular weight is 340 g/mol. The molecule has 0 radical (unpaired) electrons. The Morgan fingerprint density at radius 1 is 1.24 bits per heavy atom. The van der Waals surface area contributed by atoms with Crippen molar-refractivity contribution in [2.45, 2.75) is 46.2 Å². The molecule has 2 heterocycles. The minimum Gasteiger partial charge on any atom is -0.454 e. The number of benzene rings is 1. The van der Waals surface area contributed by atoms with E-state index in [1.54, 1.807) is 12.1 Å². The van der Waals surface area contributed by atoms with Crippen molar-refractivity contribution in [2.24, 2.45) is 5.92 Å². The number of carbonyl (C=O) groups is 2. The molecule has 0 aliphatic carbocycles. The lowest BCUT2D eigenvalue weighted by Crippen LogP contribution is -2.46. The summed E-state index contributed by atoms with van der Waals surface area (Å²) in [6.07, 6.45) is 1.93. The summed E-state index contributed by atoms with van der Waals surface area (Å²) in [5.41, 5.74) is 2.16. The van der Waals surface area contributed by atoms with Crippen molar-refractivity contribution in [3.05, 3.63) is 53.5 Å². The van der Waals surface area contributed by atoms with E-state index >= 15 is 0 Å². The van der Waals surface area contributed by atoms with E-state index in [1.807, 2.05) is 23.1 Å². The SMILES string of the molecule is CC(=O)NCc1ccc(C(=O)N2c3ccccc3CC[C@@H]2C(C)C)o1. The van der Waals surface area contributed by atoms with Gasteiger partial charge in [0.1, 0.15) is 5.76 Å². The van der Waals surface area contributed by atoms with Gasteiger partial charge in [0.2, 0.25) is 5.91 Å². The van der Waals surface area contributed by atoms with Gasteiger partial charge in [-0.05, 0) is 42.5 Å². The second-order valence-electron chi connectivity index (χ2n) is 6.83. The summed E-state index contributed by atoms with van der Waals surface area (Å²) in [6.45, 7) is 6.02. The standard InChI is InChI=1S/C20H24N2O3/c1-13(2)17-10-8-15-6-4-5-7-18(15)22(17)20(24)19-11-9-16(25-19)12-21-14(3)23/h4-7,9,11,13,17H,8,10,12H2,1-3H3,(H,21,23)/t17-/m1/s1. The maximum atomic E-state index is 13.2. The lowest BCUT2D eigenvalue weighted by Gasteiger charge is -2.39. The molecule has 1 aliphatic heterocycles. The first-order chi connectivity index (χ1) is 12.0. The topological polar surface area (TPSA) is 62.6 Å². The highest BCUT2D eigenvalue weighted by Gasteiger charge is 2.34. The molecule has 0 saturated carbocycles. The average Bonchev–Trinajstić information content (AvgIpc) is 3.07. The molecule has 5 heteroatoms. The highest BCUT2D eigenvalue weighted by atomic mass is 16.4. The van der Waals surface area contributed by atoms with E-state index in [-0.39, 0.29) is 24.4 Å². The number of nitrogens with zero attached hydrogens (tertiary/aromatic N) is 1. The van der Waals surface area contributed by atoms with E-state index in [9.17, 15) is 9.59 Å². The summed E-state index contributed by atoms with van der Waals surface area (Å²) in [5, 5.41) is 2.68. The first-order valence-electron chi connectivity index (χ1n) is 8.72. The van der Waals surface area contributed by atoms with Crippen LogP contribution in [0.4, 0.5) is 5.69 Å². The van der Waals surface area contributed by atoms with Crippen molar-refractivity contribution in [3.63, 3.8) is 0 Å². The second-order valence-corrected chi connectivity index (χ2v) is 6.83. The number of carbonyl (C=O) groups excluding carboxylic acids is 2. The zero-order valence-electron chi connectivity index (χ0n) is 14.9. The van der Waals surface area contributed by atoms with E-state index in [1.165, 1.54) is 12.5 Å². The van der Waals surface area contributed by atoms with E-state index in [4.69, 9.17) is 4.42 Å². The van der Waals surface area contributed by atoms with E-state index in [0.29, 0.717) is 17.4 Å². The molecule has 2 aromatic rings. The van der Waals surface area contributed by atoms with Crippen LogP contribution in [0.5, 0.6) is 0 Å². The zero-order valence-corrected chi connectivity index (χ0v) is 14.9. The fourth-order valence-electron chi connectivity index (χ4n) is 3.38. The lowest BCUT2D eigenvalue weighted by molar-refractivity contribution is -0.119. The molecular formula is C20H24N2O3. The van der Waals surface area contributed by atoms with Crippen molar-refractivity contribution < 1.29 is 14.0 Å². The number of furan rings is 1. The summed E-state index contributed by atoms with van der Waals surface area (Å²) < 4.78 is 5.69. The van der Waals surface area contributed by atoms with Gasteiger partial charge in [-0.15, -0.1) is 0 Å². The third-order valence-corrected chi connectivity index (χ3v) is 4.66. The molecule has 0 unspecified atom stereocenters. The van der Waals surface area contributed by atoms with Crippen LogP contribution in [0.3, 0.4) is 0 Å². The monoisotopic (exact) mass is 340 g/mol. The smallest absolute Gasteiger partial charge is 0.294 e. The molecule has 1 aromatic heterocycles. The van der Waals surface area contributed by atoms with Gasteiger partial charge in [-0.1, -0.05) is 32.0 Å². The maximum absolute atomic E-state index is 13.2. The van der Waals surface area contributed by atoms with Crippen LogP contribution in [-0.2, 0) is 17.8 Å². The number of hydrogen-bond donors (Lipinski definition) is 1. The Morgan fingerprint density at radius 2 is 2.00 bits per heavy atom. The molecular weight excluding hydrogens is 316 g/mol. The largest absolute Gasteiger partial charge is 0.454 e. The first kappa shape index (κ1) is 17.3. The van der Waals surface area contributed by atoms with Crippen LogP contribution in [-0.4, -0.2) is 17.9 Å². The Morgan fingerprint density at radius 3 is 2.72 bits per heavy atom. The Kier molecular flexibility index (Phi) is 4.93. The Balaban J connectivity index is 1.89. The van der Waals surface area contributed by atoms with Gasteiger partial charge < -0.3 is 14.6 Å². The summed E-state index contributed by atoms with van der Waals surface area (Å²) in [4.78, 5) is 26.1. The molecule has 3 rings (SSSR count). The first-order valence-corrected chi connectivity index (χ1v) is 8.72. The van der Waals surface area contributed by atoms with Crippen LogP contribution >= 0.6 is 0 Å². The number of nitrogens with one attached hydrogen (secondary N) is 1. The number of anilines is 1. The second kappa shape index (κ2) is 7.13. The minimum atomic E-state index is -0.130. The molecule has 0 spiro atoms. The molecule has 0 saturated heterocycles. The lowest BCUT2D eigenvalue weighted by atomic mass is 9.89. The van der Waals surface area contributed by atoms with Gasteiger partial charge >= 0.3 is 0 Å². The fraction of sp³-hybridized carbons (Fsp3) is 0.400. The number of fused-ring (bicyclic) bond motifs is 1. The van der Waals surface area contributed by atoms with Crippen LogP contribution in [0.25, 0.3) is 0 Å². The Hall–Kier alpha value is -2.56. The van der Waals surface area contributed by atoms with Crippen LogP contribution in [0.2, 0.25) is 0 Å².